The first-order valence-corrected chi connectivity index (χ1v) is 7.02. The normalized spacial score (nSPS) is 11.5. The number of aromatic nitrogens is 2. The van der Waals surface area contributed by atoms with Crippen LogP contribution in [0.1, 0.15) is 5.56 Å². The van der Waals surface area contributed by atoms with Crippen LogP contribution < -0.4 is 4.72 Å². The number of rotatable bonds is 3. The third-order valence-electron chi connectivity index (χ3n) is 2.39. The SMILES string of the molecule is Cc1ccc(NS(=O)(=O)c2ncn(C)c2Cl)cc1. The summed E-state index contributed by atoms with van der Waals surface area (Å²) in [6.45, 7) is 1.92. The number of aryl methyl sites for hydroxylation is 2. The van der Waals surface area contributed by atoms with Crippen molar-refractivity contribution in [2.24, 2.45) is 7.05 Å². The molecular formula is C11H12ClN3O2S. The molecule has 0 fully saturated rings. The Morgan fingerprint density at radius 2 is 1.89 bits per heavy atom. The highest BCUT2D eigenvalue weighted by Gasteiger charge is 2.22. The Balaban J connectivity index is 2.33. The summed E-state index contributed by atoms with van der Waals surface area (Å²) >= 11 is 5.87. The second kappa shape index (κ2) is 4.62. The first kappa shape index (κ1) is 12.9. The number of nitrogens with zero attached hydrogens (tertiary/aromatic N) is 2. The maximum atomic E-state index is 12.0. The highest BCUT2D eigenvalue weighted by Crippen LogP contribution is 2.21. The zero-order valence-corrected chi connectivity index (χ0v) is 11.5. The second-order valence-electron chi connectivity index (χ2n) is 3.92. The summed E-state index contributed by atoms with van der Waals surface area (Å²) in [6, 6.07) is 7.00. The molecule has 0 bridgehead atoms. The van der Waals surface area contributed by atoms with Gasteiger partial charge in [-0.2, -0.15) is 8.42 Å². The fourth-order valence-corrected chi connectivity index (χ4v) is 2.89. The van der Waals surface area contributed by atoms with E-state index in [0.717, 1.165) is 5.56 Å². The van der Waals surface area contributed by atoms with Gasteiger partial charge in [0, 0.05) is 12.7 Å². The summed E-state index contributed by atoms with van der Waals surface area (Å²) < 4.78 is 28.0. The van der Waals surface area contributed by atoms with Crippen LogP contribution in [0.4, 0.5) is 5.69 Å². The molecule has 0 atom stereocenters. The average Bonchev–Trinajstić information content (AvgIpc) is 2.63. The zero-order chi connectivity index (χ0) is 13.3. The number of imidazole rings is 1. The van der Waals surface area contributed by atoms with Gasteiger partial charge in [-0.25, -0.2) is 4.98 Å². The molecule has 1 aromatic carbocycles. The molecule has 96 valence electrons. The lowest BCUT2D eigenvalue weighted by Crippen LogP contribution is -2.14. The maximum absolute atomic E-state index is 12.0. The molecule has 7 heteroatoms. The lowest BCUT2D eigenvalue weighted by atomic mass is 10.2. The van der Waals surface area contributed by atoms with E-state index >= 15 is 0 Å². The monoisotopic (exact) mass is 285 g/mol. The molecule has 0 aliphatic carbocycles. The topological polar surface area (TPSA) is 64.0 Å². The molecule has 0 spiro atoms. The van der Waals surface area contributed by atoms with E-state index in [9.17, 15) is 8.42 Å². The van der Waals surface area contributed by atoms with Gasteiger partial charge in [-0.3, -0.25) is 4.72 Å². The number of anilines is 1. The van der Waals surface area contributed by atoms with Crippen molar-refractivity contribution in [1.29, 1.82) is 0 Å². The molecule has 0 radical (unpaired) electrons. The van der Waals surface area contributed by atoms with Gasteiger partial charge < -0.3 is 4.57 Å². The highest BCUT2D eigenvalue weighted by molar-refractivity contribution is 7.92. The predicted octanol–water partition coefficient (Wildman–Crippen LogP) is 2.18. The van der Waals surface area contributed by atoms with E-state index in [1.165, 1.54) is 10.9 Å². The molecule has 0 aliphatic rings. The van der Waals surface area contributed by atoms with Gasteiger partial charge >= 0.3 is 0 Å². The molecule has 2 aromatic rings. The van der Waals surface area contributed by atoms with Crippen LogP contribution in [0.2, 0.25) is 5.15 Å². The smallest absolute Gasteiger partial charge is 0.282 e. The highest BCUT2D eigenvalue weighted by atomic mass is 35.5. The Hall–Kier alpha value is -1.53. The fraction of sp³-hybridized carbons (Fsp3) is 0.182. The van der Waals surface area contributed by atoms with Crippen LogP contribution in [0, 0.1) is 6.92 Å². The molecule has 1 heterocycles. The third kappa shape index (κ3) is 2.49. The standard InChI is InChI=1S/C11H12ClN3O2S/c1-8-3-5-9(6-4-8)14-18(16,17)11-10(12)15(2)7-13-11/h3-7,14H,1-2H3. The lowest BCUT2D eigenvalue weighted by molar-refractivity contribution is 0.598. The molecule has 0 unspecified atom stereocenters. The van der Waals surface area contributed by atoms with Crippen molar-refractivity contribution >= 4 is 27.3 Å². The second-order valence-corrected chi connectivity index (χ2v) is 5.88. The van der Waals surface area contributed by atoms with Gasteiger partial charge in [0.05, 0.1) is 6.33 Å². The number of hydrogen-bond donors (Lipinski definition) is 1. The van der Waals surface area contributed by atoms with Gasteiger partial charge in [0.15, 0.2) is 0 Å². The Morgan fingerprint density at radius 3 is 2.39 bits per heavy atom. The van der Waals surface area contributed by atoms with Crippen LogP contribution in [-0.2, 0) is 17.1 Å². The zero-order valence-electron chi connectivity index (χ0n) is 9.88. The molecule has 2 rings (SSSR count). The van der Waals surface area contributed by atoms with Crippen LogP contribution >= 0.6 is 11.6 Å². The number of hydrogen-bond acceptors (Lipinski definition) is 3. The summed E-state index contributed by atoms with van der Waals surface area (Å²) in [5, 5.41) is -0.0955. The maximum Gasteiger partial charge on any atom is 0.282 e. The summed E-state index contributed by atoms with van der Waals surface area (Å²) in [5.74, 6) is 0. The number of halogens is 1. The van der Waals surface area contributed by atoms with Crippen molar-refractivity contribution in [1.82, 2.24) is 9.55 Å². The van der Waals surface area contributed by atoms with Gasteiger partial charge in [0.2, 0.25) is 5.03 Å². The van der Waals surface area contributed by atoms with Crippen LogP contribution in [0.3, 0.4) is 0 Å². The summed E-state index contributed by atoms with van der Waals surface area (Å²) in [5.41, 5.74) is 1.52. The number of sulfonamides is 1. The van der Waals surface area contributed by atoms with Crippen LogP contribution in [0.15, 0.2) is 35.6 Å². The largest absolute Gasteiger partial charge is 0.324 e. The first-order valence-electron chi connectivity index (χ1n) is 5.16. The van der Waals surface area contributed by atoms with Crippen molar-refractivity contribution in [3.8, 4) is 0 Å². The Kier molecular flexibility index (Phi) is 3.32. The Morgan fingerprint density at radius 1 is 1.28 bits per heavy atom. The molecule has 0 saturated carbocycles. The van der Waals surface area contributed by atoms with E-state index in [0.29, 0.717) is 5.69 Å². The van der Waals surface area contributed by atoms with Gasteiger partial charge in [-0.1, -0.05) is 29.3 Å². The Bertz CT molecular complexity index is 662. The summed E-state index contributed by atoms with van der Waals surface area (Å²) in [6.07, 6.45) is 1.35. The van der Waals surface area contributed by atoms with E-state index in [2.05, 4.69) is 9.71 Å². The van der Waals surface area contributed by atoms with E-state index < -0.39 is 10.0 Å². The van der Waals surface area contributed by atoms with E-state index in [1.807, 2.05) is 19.1 Å². The molecule has 18 heavy (non-hydrogen) atoms. The number of nitrogens with one attached hydrogen (secondary N) is 1. The van der Waals surface area contributed by atoms with Crippen molar-refractivity contribution in [2.75, 3.05) is 4.72 Å². The van der Waals surface area contributed by atoms with E-state index in [1.54, 1.807) is 19.2 Å². The summed E-state index contributed by atoms with van der Waals surface area (Å²) in [4.78, 5) is 3.78. The molecule has 1 aromatic heterocycles. The third-order valence-corrected chi connectivity index (χ3v) is 4.26. The molecule has 5 nitrogen and oxygen atoms in total. The molecule has 1 N–H and O–H groups in total. The van der Waals surface area contributed by atoms with Crippen molar-refractivity contribution < 1.29 is 8.42 Å². The fourth-order valence-electron chi connectivity index (χ4n) is 1.40. The average molecular weight is 286 g/mol. The Labute approximate surface area is 110 Å². The van der Waals surface area contributed by atoms with Crippen molar-refractivity contribution in [2.45, 2.75) is 11.9 Å². The molecule has 0 aliphatic heterocycles. The molecule has 0 amide bonds. The van der Waals surface area contributed by atoms with Gasteiger partial charge in [-0.05, 0) is 19.1 Å². The minimum atomic E-state index is -3.75. The minimum Gasteiger partial charge on any atom is -0.324 e. The minimum absolute atomic E-state index is 0.0783. The van der Waals surface area contributed by atoms with Crippen LogP contribution in [0.25, 0.3) is 0 Å². The summed E-state index contributed by atoms with van der Waals surface area (Å²) in [7, 11) is -2.12. The van der Waals surface area contributed by atoms with Crippen LogP contribution in [0.5, 0.6) is 0 Å². The van der Waals surface area contributed by atoms with Gasteiger partial charge in [-0.15, -0.1) is 0 Å². The molecule has 0 saturated heterocycles. The van der Waals surface area contributed by atoms with Gasteiger partial charge in [0.25, 0.3) is 10.0 Å². The predicted molar refractivity (Wildman–Crippen MR) is 70.2 cm³/mol. The number of benzene rings is 1. The van der Waals surface area contributed by atoms with E-state index in [4.69, 9.17) is 11.6 Å². The van der Waals surface area contributed by atoms with Crippen molar-refractivity contribution in [3.63, 3.8) is 0 Å². The van der Waals surface area contributed by atoms with Crippen LogP contribution in [-0.4, -0.2) is 18.0 Å². The quantitative estimate of drug-likeness (QED) is 0.940. The van der Waals surface area contributed by atoms with E-state index in [-0.39, 0.29) is 10.2 Å². The van der Waals surface area contributed by atoms with Gasteiger partial charge in [0.1, 0.15) is 5.15 Å². The van der Waals surface area contributed by atoms with Crippen molar-refractivity contribution in [3.05, 3.63) is 41.3 Å². The lowest BCUT2D eigenvalue weighted by Gasteiger charge is -2.06. The molecular weight excluding hydrogens is 274 g/mol. The first-order chi connectivity index (χ1) is 8.40.